The summed E-state index contributed by atoms with van der Waals surface area (Å²) in [7, 11) is 1.72. The van der Waals surface area contributed by atoms with Gasteiger partial charge in [0.15, 0.2) is 5.82 Å². The van der Waals surface area contributed by atoms with Crippen LogP contribution in [0.15, 0.2) is 30.7 Å². The number of anilines is 3. The number of aromatic nitrogens is 5. The minimum absolute atomic E-state index is 0.0242. The van der Waals surface area contributed by atoms with E-state index in [4.69, 9.17) is 2.74 Å². The second kappa shape index (κ2) is 8.09. The van der Waals surface area contributed by atoms with Crippen LogP contribution in [0.25, 0.3) is 0 Å². The van der Waals surface area contributed by atoms with Crippen LogP contribution in [0.2, 0.25) is 0 Å². The lowest BCUT2D eigenvalue weighted by Crippen LogP contribution is -2.44. The van der Waals surface area contributed by atoms with Crippen LogP contribution in [0.5, 0.6) is 0 Å². The van der Waals surface area contributed by atoms with Gasteiger partial charge in [0, 0.05) is 31.5 Å². The van der Waals surface area contributed by atoms with Crippen molar-refractivity contribution in [3.8, 4) is 0 Å². The number of nitrogens with zero attached hydrogens (tertiary/aromatic N) is 6. The summed E-state index contributed by atoms with van der Waals surface area (Å²) in [5, 5.41) is 9.51. The van der Waals surface area contributed by atoms with Crippen LogP contribution < -0.4 is 15.5 Å². The molecule has 1 atom stereocenters. The molecule has 32 heavy (non-hydrogen) atoms. The van der Waals surface area contributed by atoms with Crippen LogP contribution >= 0.6 is 0 Å². The molecule has 0 fully saturated rings. The summed E-state index contributed by atoms with van der Waals surface area (Å²) < 4.78 is 56.3. The first kappa shape index (κ1) is 19.0. The maximum atomic E-state index is 12.7. The number of carbonyl (C=O) groups excluding carboxylic acids is 1. The number of carbonyl (C=O) groups is 1. The Morgan fingerprint density at radius 3 is 2.72 bits per heavy atom. The lowest BCUT2D eigenvalue weighted by atomic mass is 10.2. The zero-order valence-corrected chi connectivity index (χ0v) is 17.4. The predicted molar refractivity (Wildman–Crippen MR) is 111 cm³/mol. The molecule has 0 spiro atoms. The van der Waals surface area contributed by atoms with E-state index in [0.29, 0.717) is 22.8 Å². The molecule has 1 aliphatic rings. The van der Waals surface area contributed by atoms with Crippen molar-refractivity contribution in [1.82, 2.24) is 24.7 Å². The predicted octanol–water partition coefficient (Wildman–Crippen LogP) is 2.83. The maximum Gasteiger partial charge on any atom is 0.433 e. The molecule has 0 aliphatic carbocycles. The maximum absolute atomic E-state index is 12.7. The van der Waals surface area contributed by atoms with Gasteiger partial charge in [0.05, 0.1) is 21.2 Å². The van der Waals surface area contributed by atoms with Crippen LogP contribution in [0.1, 0.15) is 32.2 Å². The molecule has 4 heterocycles. The van der Waals surface area contributed by atoms with E-state index in [0.717, 1.165) is 12.3 Å². The number of pyridine rings is 1. The standard InChI is InChI=1S/C20H21F3N8O/c1-11-16-17(30(3)12(2)18(32)28-16)29-19(27-11)25-7-14-8-26-31(10-14)9-13-4-5-15(24-6-13)20(21,22)23/h4-6,8,10,12H,7,9H2,1-3H3,(H,28,32)(H,25,27,29)/t12-/m0/s1/i7D2. The highest BCUT2D eigenvalue weighted by Crippen LogP contribution is 2.32. The summed E-state index contributed by atoms with van der Waals surface area (Å²) in [5.74, 6) is 0.299. The summed E-state index contributed by atoms with van der Waals surface area (Å²) in [6, 6.07) is 1.73. The first-order valence-electron chi connectivity index (χ1n) is 10.6. The first-order valence-corrected chi connectivity index (χ1v) is 9.61. The molecule has 12 heteroatoms. The van der Waals surface area contributed by atoms with Crippen LogP contribution in [-0.4, -0.2) is 43.7 Å². The van der Waals surface area contributed by atoms with E-state index in [9.17, 15) is 18.0 Å². The van der Waals surface area contributed by atoms with Crippen LogP contribution in [0.3, 0.4) is 0 Å². The molecule has 1 aliphatic heterocycles. The summed E-state index contributed by atoms with van der Waals surface area (Å²) in [6.07, 6.45) is -0.666. The van der Waals surface area contributed by atoms with Gasteiger partial charge in [-0.25, -0.2) is 4.98 Å². The average Bonchev–Trinajstić information content (AvgIpc) is 3.22. The molecule has 4 rings (SSSR count). The van der Waals surface area contributed by atoms with Crippen molar-refractivity contribution in [2.45, 2.75) is 39.1 Å². The number of rotatable bonds is 5. The minimum Gasteiger partial charge on any atom is -0.350 e. The van der Waals surface area contributed by atoms with E-state index in [1.54, 1.807) is 25.8 Å². The second-order valence-electron chi connectivity index (χ2n) is 7.33. The first-order chi connectivity index (χ1) is 15.8. The minimum atomic E-state index is -4.52. The Labute approximate surface area is 184 Å². The van der Waals surface area contributed by atoms with Gasteiger partial charge in [0.25, 0.3) is 0 Å². The molecule has 0 unspecified atom stereocenters. The molecule has 0 saturated heterocycles. The largest absolute Gasteiger partial charge is 0.433 e. The number of hydrogen-bond acceptors (Lipinski definition) is 7. The average molecular weight is 448 g/mol. The normalized spacial score (nSPS) is 17.4. The monoisotopic (exact) mass is 448 g/mol. The third kappa shape index (κ3) is 4.34. The molecule has 0 radical (unpaired) electrons. The lowest BCUT2D eigenvalue weighted by molar-refractivity contribution is -0.141. The topological polar surface area (TPSA) is 101 Å². The van der Waals surface area contributed by atoms with E-state index >= 15 is 0 Å². The quantitative estimate of drug-likeness (QED) is 0.619. The molecule has 1 amide bonds. The third-order valence-electron chi connectivity index (χ3n) is 5.03. The third-order valence-corrected chi connectivity index (χ3v) is 5.03. The van der Waals surface area contributed by atoms with Crippen molar-refractivity contribution in [3.05, 3.63) is 53.2 Å². The fourth-order valence-electron chi connectivity index (χ4n) is 3.12. The molecular formula is C20H21F3N8O. The van der Waals surface area contributed by atoms with Crippen molar-refractivity contribution in [2.75, 3.05) is 22.6 Å². The lowest BCUT2D eigenvalue weighted by Gasteiger charge is -2.32. The van der Waals surface area contributed by atoms with E-state index in [1.165, 1.54) is 23.1 Å². The Hall–Kier alpha value is -3.70. The Kier molecular flexibility index (Phi) is 4.81. The summed E-state index contributed by atoms with van der Waals surface area (Å²) in [6.45, 7) is 1.40. The highest BCUT2D eigenvalue weighted by Gasteiger charge is 2.32. The SMILES string of the molecule is [2H]C([2H])(Nc1nc(C)c2c(n1)N(C)[C@@H](C)C(=O)N2)c1cnn(Cc2ccc(C(F)(F)F)nc2)c1. The fraction of sp³-hybridized carbons (Fsp3) is 0.350. The zero-order chi connectivity index (χ0) is 24.8. The number of alkyl halides is 3. The van der Waals surface area contributed by atoms with Gasteiger partial charge in [-0.3, -0.25) is 14.5 Å². The number of fused-ring (bicyclic) bond motifs is 1. The Morgan fingerprint density at radius 2 is 2.03 bits per heavy atom. The summed E-state index contributed by atoms with van der Waals surface area (Å²) in [5.41, 5.74) is 0.596. The fourth-order valence-corrected chi connectivity index (χ4v) is 3.12. The number of likely N-dealkylation sites (N-methyl/N-ethyl adjacent to an activating group) is 1. The van der Waals surface area contributed by atoms with Gasteiger partial charge in [0.1, 0.15) is 17.4 Å². The van der Waals surface area contributed by atoms with E-state index in [1.807, 2.05) is 0 Å². The van der Waals surface area contributed by atoms with Crippen LogP contribution in [0.4, 0.5) is 30.6 Å². The van der Waals surface area contributed by atoms with E-state index in [-0.39, 0.29) is 24.0 Å². The van der Waals surface area contributed by atoms with Gasteiger partial charge in [-0.05, 0) is 25.5 Å². The van der Waals surface area contributed by atoms with Gasteiger partial charge in [-0.1, -0.05) is 6.07 Å². The molecule has 0 aromatic carbocycles. The van der Waals surface area contributed by atoms with E-state index < -0.39 is 24.4 Å². The highest BCUT2D eigenvalue weighted by molar-refractivity contribution is 6.03. The van der Waals surface area contributed by atoms with Crippen molar-refractivity contribution in [3.63, 3.8) is 0 Å². The molecule has 3 aromatic rings. The molecule has 2 N–H and O–H groups in total. The van der Waals surface area contributed by atoms with Crippen molar-refractivity contribution in [1.29, 1.82) is 0 Å². The zero-order valence-electron chi connectivity index (χ0n) is 19.4. The molecule has 3 aromatic heterocycles. The van der Waals surface area contributed by atoms with Crippen molar-refractivity contribution >= 4 is 23.4 Å². The smallest absolute Gasteiger partial charge is 0.350 e. The number of halogens is 3. The van der Waals surface area contributed by atoms with Crippen LogP contribution in [0, 0.1) is 6.92 Å². The number of aryl methyl sites for hydroxylation is 1. The van der Waals surface area contributed by atoms with Gasteiger partial charge >= 0.3 is 6.18 Å². The molecule has 9 nitrogen and oxygen atoms in total. The van der Waals surface area contributed by atoms with Gasteiger partial charge in [-0.15, -0.1) is 0 Å². The summed E-state index contributed by atoms with van der Waals surface area (Å²) in [4.78, 5) is 25.8. The van der Waals surface area contributed by atoms with Gasteiger partial charge < -0.3 is 15.5 Å². The van der Waals surface area contributed by atoms with Gasteiger partial charge in [-0.2, -0.15) is 23.3 Å². The number of hydrogen-bond donors (Lipinski definition) is 2. The number of amides is 1. The van der Waals surface area contributed by atoms with Gasteiger partial charge in [0.2, 0.25) is 11.9 Å². The highest BCUT2D eigenvalue weighted by atomic mass is 19.4. The summed E-state index contributed by atoms with van der Waals surface area (Å²) >= 11 is 0. The Bertz CT molecular complexity index is 1230. The van der Waals surface area contributed by atoms with E-state index in [2.05, 4.69) is 30.7 Å². The second-order valence-corrected chi connectivity index (χ2v) is 7.33. The molecule has 168 valence electrons. The molecule has 0 saturated carbocycles. The Balaban J connectivity index is 1.52. The van der Waals surface area contributed by atoms with Crippen molar-refractivity contribution < 1.29 is 20.7 Å². The molecular weight excluding hydrogens is 425 g/mol. The molecule has 0 bridgehead atoms. The van der Waals surface area contributed by atoms with Crippen LogP contribution in [-0.2, 0) is 24.0 Å². The van der Waals surface area contributed by atoms with Crippen molar-refractivity contribution in [2.24, 2.45) is 0 Å². The Morgan fingerprint density at radius 1 is 1.25 bits per heavy atom. The number of nitrogens with one attached hydrogen (secondary N) is 2.